The number of hydrogen-bond donors (Lipinski definition) is 1. The van der Waals surface area contributed by atoms with Crippen molar-refractivity contribution in [3.05, 3.63) is 58.1 Å². The molecule has 3 rings (SSSR count). The van der Waals surface area contributed by atoms with Gasteiger partial charge in [-0.1, -0.05) is 47.1 Å². The topological polar surface area (TPSA) is 68.0 Å². The molecule has 25 heavy (non-hydrogen) atoms. The number of anilines is 1. The number of halogens is 2. The first-order chi connectivity index (χ1) is 12.0. The van der Waals surface area contributed by atoms with E-state index in [2.05, 4.69) is 15.5 Å². The first-order valence-electron chi connectivity index (χ1n) is 7.29. The summed E-state index contributed by atoms with van der Waals surface area (Å²) in [6.07, 6.45) is 0. The Balaban J connectivity index is 1.58. The van der Waals surface area contributed by atoms with Crippen molar-refractivity contribution in [1.29, 1.82) is 0 Å². The van der Waals surface area contributed by atoms with E-state index < -0.39 is 0 Å². The molecule has 1 heterocycles. The standard InChI is InChI=1S/C17H13Cl2N3O2S/c1-10-5-6-13(8-14(10)19)20-15(23)9-25-17-22-21-16(24-17)11-3-2-4-12(18)7-11/h2-8H,9H2,1H3,(H,20,23). The van der Waals surface area contributed by atoms with Crippen LogP contribution in [0.25, 0.3) is 11.5 Å². The molecule has 0 aliphatic heterocycles. The normalized spacial score (nSPS) is 10.7. The van der Waals surface area contributed by atoms with Gasteiger partial charge in [-0.15, -0.1) is 10.2 Å². The molecule has 0 fully saturated rings. The van der Waals surface area contributed by atoms with E-state index >= 15 is 0 Å². The lowest BCUT2D eigenvalue weighted by atomic mass is 10.2. The highest BCUT2D eigenvalue weighted by atomic mass is 35.5. The van der Waals surface area contributed by atoms with E-state index in [0.29, 0.717) is 26.8 Å². The van der Waals surface area contributed by atoms with Gasteiger partial charge in [0.25, 0.3) is 5.22 Å². The second kappa shape index (κ2) is 7.91. The summed E-state index contributed by atoms with van der Waals surface area (Å²) in [5, 5.41) is 12.2. The number of thioether (sulfide) groups is 1. The highest BCUT2D eigenvalue weighted by molar-refractivity contribution is 7.99. The van der Waals surface area contributed by atoms with Crippen LogP contribution in [-0.2, 0) is 4.79 Å². The van der Waals surface area contributed by atoms with Crippen molar-refractivity contribution in [3.63, 3.8) is 0 Å². The smallest absolute Gasteiger partial charge is 0.277 e. The average molecular weight is 394 g/mol. The van der Waals surface area contributed by atoms with Crippen LogP contribution >= 0.6 is 35.0 Å². The minimum Gasteiger partial charge on any atom is -0.411 e. The number of aromatic nitrogens is 2. The summed E-state index contributed by atoms with van der Waals surface area (Å²) in [6, 6.07) is 12.5. The van der Waals surface area contributed by atoms with Gasteiger partial charge in [0.15, 0.2) is 0 Å². The summed E-state index contributed by atoms with van der Waals surface area (Å²) >= 11 is 13.1. The van der Waals surface area contributed by atoms with Crippen LogP contribution in [0.4, 0.5) is 5.69 Å². The number of aryl methyl sites for hydroxylation is 1. The van der Waals surface area contributed by atoms with Gasteiger partial charge in [0, 0.05) is 21.3 Å². The van der Waals surface area contributed by atoms with E-state index in [1.165, 1.54) is 0 Å². The first kappa shape index (κ1) is 17.8. The summed E-state index contributed by atoms with van der Waals surface area (Å²) in [5.41, 5.74) is 2.32. The summed E-state index contributed by atoms with van der Waals surface area (Å²) in [5.74, 6) is 0.311. The molecule has 0 aliphatic rings. The quantitative estimate of drug-likeness (QED) is 0.611. The Bertz CT molecular complexity index is 914. The van der Waals surface area contributed by atoms with Gasteiger partial charge in [-0.3, -0.25) is 4.79 Å². The van der Waals surface area contributed by atoms with E-state index in [1.807, 2.05) is 19.1 Å². The zero-order valence-corrected chi connectivity index (χ0v) is 15.5. The lowest BCUT2D eigenvalue weighted by molar-refractivity contribution is -0.113. The van der Waals surface area contributed by atoms with Crippen LogP contribution in [0.1, 0.15) is 5.56 Å². The summed E-state index contributed by atoms with van der Waals surface area (Å²) in [4.78, 5) is 12.0. The van der Waals surface area contributed by atoms with Crippen molar-refractivity contribution in [3.8, 4) is 11.5 Å². The van der Waals surface area contributed by atoms with Gasteiger partial charge in [0.05, 0.1) is 5.75 Å². The molecule has 128 valence electrons. The van der Waals surface area contributed by atoms with E-state index in [9.17, 15) is 4.79 Å². The van der Waals surface area contributed by atoms with Crippen LogP contribution in [0.2, 0.25) is 10.0 Å². The Hall–Kier alpha value is -2.02. The van der Waals surface area contributed by atoms with Crippen LogP contribution in [0.15, 0.2) is 52.1 Å². The lowest BCUT2D eigenvalue weighted by Crippen LogP contribution is -2.14. The van der Waals surface area contributed by atoms with Crippen molar-refractivity contribution >= 4 is 46.6 Å². The van der Waals surface area contributed by atoms with Gasteiger partial charge in [0.2, 0.25) is 11.8 Å². The van der Waals surface area contributed by atoms with Gasteiger partial charge >= 0.3 is 0 Å². The maximum absolute atomic E-state index is 12.0. The zero-order chi connectivity index (χ0) is 17.8. The monoisotopic (exact) mass is 393 g/mol. The molecule has 0 unspecified atom stereocenters. The molecular weight excluding hydrogens is 381 g/mol. The van der Waals surface area contributed by atoms with Crippen molar-refractivity contribution in [2.24, 2.45) is 0 Å². The third kappa shape index (κ3) is 4.75. The third-order valence-corrected chi connectivity index (χ3v) is 4.72. The number of carbonyl (C=O) groups is 1. The molecule has 0 radical (unpaired) electrons. The molecule has 0 saturated heterocycles. The number of hydrogen-bond acceptors (Lipinski definition) is 5. The molecule has 2 aromatic carbocycles. The zero-order valence-electron chi connectivity index (χ0n) is 13.1. The third-order valence-electron chi connectivity index (χ3n) is 3.26. The first-order valence-corrected chi connectivity index (χ1v) is 9.03. The fraction of sp³-hybridized carbons (Fsp3) is 0.118. The number of nitrogens with one attached hydrogen (secondary N) is 1. The van der Waals surface area contributed by atoms with Crippen LogP contribution in [0, 0.1) is 6.92 Å². The maximum Gasteiger partial charge on any atom is 0.277 e. The van der Waals surface area contributed by atoms with Crippen molar-refractivity contribution in [1.82, 2.24) is 10.2 Å². The molecule has 0 spiro atoms. The lowest BCUT2D eigenvalue weighted by Gasteiger charge is -2.05. The van der Waals surface area contributed by atoms with Crippen molar-refractivity contribution in [2.75, 3.05) is 11.1 Å². The summed E-state index contributed by atoms with van der Waals surface area (Å²) in [6.45, 7) is 1.90. The fourth-order valence-electron chi connectivity index (χ4n) is 2.00. The predicted octanol–water partition coefficient (Wildman–Crippen LogP) is 5.08. The van der Waals surface area contributed by atoms with E-state index in [4.69, 9.17) is 27.6 Å². The van der Waals surface area contributed by atoms with Gasteiger partial charge in [-0.05, 0) is 42.8 Å². The molecule has 1 aromatic heterocycles. The highest BCUT2D eigenvalue weighted by Crippen LogP contribution is 2.25. The molecule has 0 bridgehead atoms. The second-order valence-electron chi connectivity index (χ2n) is 5.18. The molecule has 8 heteroatoms. The number of carbonyl (C=O) groups excluding carboxylic acids is 1. The molecular formula is C17H13Cl2N3O2S. The van der Waals surface area contributed by atoms with Crippen LogP contribution in [-0.4, -0.2) is 21.9 Å². The molecule has 0 atom stereocenters. The van der Waals surface area contributed by atoms with E-state index in [0.717, 1.165) is 22.9 Å². The Labute approximate surface area is 158 Å². The molecule has 0 saturated carbocycles. The fourth-order valence-corrected chi connectivity index (χ4v) is 2.94. The van der Waals surface area contributed by atoms with E-state index in [1.54, 1.807) is 30.3 Å². The maximum atomic E-state index is 12.0. The number of amides is 1. The van der Waals surface area contributed by atoms with Crippen molar-refractivity contribution in [2.45, 2.75) is 12.1 Å². The highest BCUT2D eigenvalue weighted by Gasteiger charge is 2.12. The van der Waals surface area contributed by atoms with E-state index in [-0.39, 0.29) is 11.7 Å². The number of nitrogens with zero attached hydrogens (tertiary/aromatic N) is 2. The predicted molar refractivity (Wildman–Crippen MR) is 100 cm³/mol. The number of benzene rings is 2. The van der Waals surface area contributed by atoms with Gasteiger partial charge < -0.3 is 9.73 Å². The minimum atomic E-state index is -0.188. The average Bonchev–Trinajstić information content (AvgIpc) is 3.05. The molecule has 3 aromatic rings. The molecule has 5 nitrogen and oxygen atoms in total. The largest absolute Gasteiger partial charge is 0.411 e. The van der Waals surface area contributed by atoms with Crippen molar-refractivity contribution < 1.29 is 9.21 Å². The SMILES string of the molecule is Cc1ccc(NC(=O)CSc2nnc(-c3cccc(Cl)c3)o2)cc1Cl. The molecule has 0 aliphatic carbocycles. The van der Waals surface area contributed by atoms with Crippen LogP contribution < -0.4 is 5.32 Å². The molecule has 1 amide bonds. The Kier molecular flexibility index (Phi) is 5.63. The van der Waals surface area contributed by atoms with Crippen LogP contribution in [0.5, 0.6) is 0 Å². The number of rotatable bonds is 5. The van der Waals surface area contributed by atoms with Crippen LogP contribution in [0.3, 0.4) is 0 Å². The Morgan fingerprint density at radius 3 is 2.80 bits per heavy atom. The second-order valence-corrected chi connectivity index (χ2v) is 6.95. The summed E-state index contributed by atoms with van der Waals surface area (Å²) in [7, 11) is 0. The summed E-state index contributed by atoms with van der Waals surface area (Å²) < 4.78 is 5.54. The Morgan fingerprint density at radius 1 is 1.20 bits per heavy atom. The molecule has 1 N–H and O–H groups in total. The van der Waals surface area contributed by atoms with Gasteiger partial charge in [-0.25, -0.2) is 0 Å². The Morgan fingerprint density at radius 2 is 2.04 bits per heavy atom. The van der Waals surface area contributed by atoms with Gasteiger partial charge in [-0.2, -0.15) is 0 Å². The minimum absolute atomic E-state index is 0.142. The van der Waals surface area contributed by atoms with Gasteiger partial charge in [0.1, 0.15) is 0 Å².